The number of benzene rings is 1. The average Bonchev–Trinajstić information content (AvgIpc) is 3.60. The van der Waals surface area contributed by atoms with Crippen LogP contribution in [0.15, 0.2) is 24.3 Å². The Labute approximate surface area is 201 Å². The summed E-state index contributed by atoms with van der Waals surface area (Å²) in [6.07, 6.45) is 2.97. The zero-order valence-electron chi connectivity index (χ0n) is 19.9. The van der Waals surface area contributed by atoms with Gasteiger partial charge in [0.25, 0.3) is 0 Å². The molecule has 184 valence electrons. The van der Waals surface area contributed by atoms with Gasteiger partial charge in [-0.2, -0.15) is 10.6 Å². The molecule has 1 saturated heterocycles. The third-order valence-corrected chi connectivity index (χ3v) is 9.52. The van der Waals surface area contributed by atoms with Crippen molar-refractivity contribution in [2.45, 2.75) is 62.6 Å². The average molecular weight is 488 g/mol. The minimum atomic E-state index is -2.91. The highest BCUT2D eigenvalue weighted by molar-refractivity contribution is 8.24. The predicted molar refractivity (Wildman–Crippen MR) is 134 cm³/mol. The number of rotatable bonds is 5. The van der Waals surface area contributed by atoms with Crippen molar-refractivity contribution in [3.05, 3.63) is 35.5 Å². The van der Waals surface area contributed by atoms with E-state index in [1.807, 2.05) is 38.1 Å². The van der Waals surface area contributed by atoms with E-state index in [0.717, 1.165) is 36.2 Å². The second-order valence-corrected chi connectivity index (χ2v) is 12.4. The molecule has 1 atom stereocenters. The first-order valence-electron chi connectivity index (χ1n) is 11.9. The van der Waals surface area contributed by atoms with Crippen molar-refractivity contribution in [1.82, 2.24) is 15.3 Å². The van der Waals surface area contributed by atoms with Gasteiger partial charge in [-0.05, 0) is 57.4 Å². The standard InChI is InChI=1S/C24H33N5O4S/c1-4-18-13-33-12-11-29(18)22-19-14-34(31,32)24(2,3)20(19)27-21(28-22)15-5-7-16(8-6-15)25-23(30)26-17-9-10-17/h5-8,17-18,31-32H,4,9-14H2,1-3H3,(H2,25,26,30). The number of carbonyl (C=O) groups excluding carboxylic acids is 1. The van der Waals surface area contributed by atoms with Gasteiger partial charge < -0.3 is 20.3 Å². The number of hydrogen-bond acceptors (Lipinski definition) is 7. The summed E-state index contributed by atoms with van der Waals surface area (Å²) in [6, 6.07) is 7.70. The molecule has 9 nitrogen and oxygen atoms in total. The number of nitrogens with one attached hydrogen (secondary N) is 2. The van der Waals surface area contributed by atoms with Crippen molar-refractivity contribution < 1.29 is 18.6 Å². The number of morpholine rings is 1. The number of aromatic nitrogens is 2. The Balaban J connectivity index is 1.51. The first-order valence-corrected chi connectivity index (χ1v) is 13.6. The molecule has 4 N–H and O–H groups in total. The molecule has 3 heterocycles. The minimum absolute atomic E-state index is 0.164. The van der Waals surface area contributed by atoms with Crippen LogP contribution >= 0.6 is 10.6 Å². The van der Waals surface area contributed by atoms with Gasteiger partial charge >= 0.3 is 6.03 Å². The number of carbonyl (C=O) groups is 1. The topological polar surface area (TPSA) is 120 Å². The van der Waals surface area contributed by atoms with Crippen LogP contribution in [0.3, 0.4) is 0 Å². The summed E-state index contributed by atoms with van der Waals surface area (Å²) in [4.78, 5) is 24.1. The first kappa shape index (κ1) is 23.3. The summed E-state index contributed by atoms with van der Waals surface area (Å²) >= 11 is 0. The number of hydrogen-bond donors (Lipinski definition) is 4. The third-order valence-electron chi connectivity index (χ3n) is 7.00. The zero-order chi connectivity index (χ0) is 24.1. The van der Waals surface area contributed by atoms with E-state index >= 15 is 0 Å². The molecule has 2 amide bonds. The Hall–Kier alpha value is -2.40. The number of amides is 2. The van der Waals surface area contributed by atoms with Gasteiger partial charge in [0.2, 0.25) is 0 Å². The summed E-state index contributed by atoms with van der Waals surface area (Å²) in [7, 11) is -2.91. The Bertz CT molecular complexity index is 1090. The van der Waals surface area contributed by atoms with Crippen LogP contribution < -0.4 is 15.5 Å². The van der Waals surface area contributed by atoms with E-state index in [1.165, 1.54) is 0 Å². The number of nitrogens with zero attached hydrogens (tertiary/aromatic N) is 3. The lowest BCUT2D eigenvalue weighted by atomic mass is 10.0. The smallest absolute Gasteiger partial charge is 0.319 e. The highest BCUT2D eigenvalue weighted by atomic mass is 32.3. The fourth-order valence-electron chi connectivity index (χ4n) is 4.56. The second-order valence-electron chi connectivity index (χ2n) is 9.80. The van der Waals surface area contributed by atoms with E-state index in [9.17, 15) is 13.9 Å². The van der Waals surface area contributed by atoms with Crippen molar-refractivity contribution in [1.29, 1.82) is 0 Å². The van der Waals surface area contributed by atoms with Crippen LogP contribution in [0.25, 0.3) is 11.4 Å². The first-order chi connectivity index (χ1) is 16.2. The van der Waals surface area contributed by atoms with Crippen LogP contribution in [0.5, 0.6) is 0 Å². The summed E-state index contributed by atoms with van der Waals surface area (Å²) in [5.41, 5.74) is 3.01. The van der Waals surface area contributed by atoms with Crippen molar-refractivity contribution >= 4 is 28.1 Å². The SMILES string of the molecule is CCC1COCCN1c1nc(-c2ccc(NC(=O)NC3CC3)cc2)nc2c1CS(O)(O)C2(C)C. The molecule has 2 aromatic rings. The second kappa shape index (κ2) is 8.67. The molecule has 0 spiro atoms. The van der Waals surface area contributed by atoms with E-state index in [0.29, 0.717) is 43.0 Å². The molecule has 3 aliphatic rings. The molecule has 10 heteroatoms. The molecule has 0 bridgehead atoms. The van der Waals surface area contributed by atoms with Gasteiger partial charge in [-0.1, -0.05) is 6.92 Å². The molecule has 1 unspecified atom stereocenters. The van der Waals surface area contributed by atoms with Crippen LogP contribution in [0.1, 0.15) is 51.3 Å². The third kappa shape index (κ3) is 4.24. The van der Waals surface area contributed by atoms with E-state index in [2.05, 4.69) is 22.5 Å². The van der Waals surface area contributed by atoms with Crippen molar-refractivity contribution in [2.75, 3.05) is 30.0 Å². The highest BCUT2D eigenvalue weighted by Crippen LogP contribution is 2.66. The van der Waals surface area contributed by atoms with Gasteiger partial charge in [0.1, 0.15) is 5.82 Å². The molecular weight excluding hydrogens is 454 g/mol. The molecule has 1 aromatic carbocycles. The van der Waals surface area contributed by atoms with Gasteiger partial charge in [0.15, 0.2) is 5.82 Å². The quantitative estimate of drug-likeness (QED) is 0.489. The Morgan fingerprint density at radius 2 is 1.97 bits per heavy atom. The highest BCUT2D eigenvalue weighted by Gasteiger charge is 2.48. The van der Waals surface area contributed by atoms with Crippen molar-refractivity contribution in [3.63, 3.8) is 0 Å². The van der Waals surface area contributed by atoms with Gasteiger partial charge in [-0.3, -0.25) is 9.11 Å². The summed E-state index contributed by atoms with van der Waals surface area (Å²) < 4.78 is 26.7. The Morgan fingerprint density at radius 3 is 2.65 bits per heavy atom. The maximum Gasteiger partial charge on any atom is 0.319 e. The molecule has 2 fully saturated rings. The number of ether oxygens (including phenoxy) is 1. The minimum Gasteiger partial charge on any atom is -0.377 e. The van der Waals surface area contributed by atoms with Crippen LogP contribution in [0.4, 0.5) is 16.3 Å². The number of anilines is 2. The molecule has 1 aromatic heterocycles. The molecule has 34 heavy (non-hydrogen) atoms. The fraction of sp³-hybridized carbons (Fsp3) is 0.542. The van der Waals surface area contributed by atoms with E-state index < -0.39 is 15.3 Å². The van der Waals surface area contributed by atoms with Gasteiger partial charge in [-0.15, -0.1) is 0 Å². The number of urea groups is 1. The van der Waals surface area contributed by atoms with Crippen molar-refractivity contribution in [3.8, 4) is 11.4 Å². The van der Waals surface area contributed by atoms with Crippen LogP contribution in [0.2, 0.25) is 0 Å². The molecule has 1 saturated carbocycles. The summed E-state index contributed by atoms with van der Waals surface area (Å²) in [5, 5.41) is 5.77. The number of fused-ring (bicyclic) bond motifs is 1. The summed E-state index contributed by atoms with van der Waals surface area (Å²) in [5.74, 6) is 1.47. The largest absolute Gasteiger partial charge is 0.377 e. The van der Waals surface area contributed by atoms with Crippen molar-refractivity contribution in [2.24, 2.45) is 0 Å². The van der Waals surface area contributed by atoms with Gasteiger partial charge in [0, 0.05) is 29.4 Å². The zero-order valence-corrected chi connectivity index (χ0v) is 20.7. The van der Waals surface area contributed by atoms with E-state index in [1.54, 1.807) is 0 Å². The van der Waals surface area contributed by atoms with Crippen LogP contribution in [-0.2, 0) is 15.2 Å². The monoisotopic (exact) mass is 487 g/mol. The lowest BCUT2D eigenvalue weighted by molar-refractivity contribution is 0.0925. The molecule has 5 rings (SSSR count). The maximum atomic E-state index is 12.0. The van der Waals surface area contributed by atoms with E-state index in [4.69, 9.17) is 14.7 Å². The normalized spacial score (nSPS) is 23.8. The fourth-order valence-corrected chi connectivity index (χ4v) is 6.07. The Morgan fingerprint density at radius 1 is 1.24 bits per heavy atom. The Kier molecular flexibility index (Phi) is 5.96. The molecule has 0 radical (unpaired) electrons. The predicted octanol–water partition coefficient (Wildman–Crippen LogP) is 4.54. The lowest BCUT2D eigenvalue weighted by Gasteiger charge is -2.40. The van der Waals surface area contributed by atoms with Gasteiger partial charge in [-0.25, -0.2) is 14.8 Å². The molecule has 2 aliphatic heterocycles. The lowest BCUT2D eigenvalue weighted by Crippen LogP contribution is -2.46. The van der Waals surface area contributed by atoms with Crippen LogP contribution in [0, 0.1) is 0 Å². The van der Waals surface area contributed by atoms with E-state index in [-0.39, 0.29) is 17.8 Å². The van der Waals surface area contributed by atoms with Crippen LogP contribution in [-0.4, -0.2) is 56.9 Å². The summed E-state index contributed by atoms with van der Waals surface area (Å²) in [6.45, 7) is 7.73. The molecular formula is C24H33N5O4S. The molecule has 1 aliphatic carbocycles. The maximum absolute atomic E-state index is 12.0. The van der Waals surface area contributed by atoms with Gasteiger partial charge in [0.05, 0.1) is 35.4 Å².